The molecule has 0 saturated heterocycles. The molecule has 0 atom stereocenters. The summed E-state index contributed by atoms with van der Waals surface area (Å²) in [6.45, 7) is 0. The van der Waals surface area contributed by atoms with Gasteiger partial charge >= 0.3 is 6.00 Å². The third-order valence-corrected chi connectivity index (χ3v) is 4.33. The molecule has 0 bridgehead atoms. The van der Waals surface area contributed by atoms with Gasteiger partial charge in [0.1, 0.15) is 0 Å². The molecule has 0 heterocycles. The SMILES string of the molecule is Clc1cc(Cl)c(C[Si](Cl)(Cl)Cl)c(Cl)c1. The molecule has 0 saturated carbocycles. The molecule has 1 aromatic carbocycles. The Hall–Kier alpha value is 1.18. The van der Waals surface area contributed by atoms with Gasteiger partial charge in [-0.25, -0.2) is 0 Å². The molecular weight excluding hydrogens is 325 g/mol. The third-order valence-electron chi connectivity index (χ3n) is 1.48. The monoisotopic (exact) mass is 326 g/mol. The molecule has 0 unspecified atom stereocenters. The maximum absolute atomic E-state index is 5.92. The third kappa shape index (κ3) is 3.97. The number of halogens is 6. The fourth-order valence-electron chi connectivity index (χ4n) is 0.941. The fourth-order valence-corrected chi connectivity index (χ4v) is 4.10. The normalized spacial score (nSPS) is 11.9. The lowest BCUT2D eigenvalue weighted by Gasteiger charge is -2.11. The van der Waals surface area contributed by atoms with Crippen molar-refractivity contribution in [1.29, 1.82) is 0 Å². The van der Waals surface area contributed by atoms with Crippen LogP contribution in [-0.4, -0.2) is 6.00 Å². The molecule has 0 nitrogen and oxygen atoms in total. The van der Waals surface area contributed by atoms with E-state index in [1.165, 1.54) is 0 Å². The maximum Gasteiger partial charge on any atom is 0.345 e. The predicted octanol–water partition coefficient (Wildman–Crippen LogP) is 5.38. The van der Waals surface area contributed by atoms with Crippen LogP contribution in [0.5, 0.6) is 0 Å². The van der Waals surface area contributed by atoms with E-state index in [4.69, 9.17) is 68.0 Å². The number of benzene rings is 1. The van der Waals surface area contributed by atoms with E-state index in [1.807, 2.05) is 0 Å². The second-order valence-electron chi connectivity index (χ2n) is 2.64. The average molecular weight is 329 g/mol. The molecule has 7 heteroatoms. The van der Waals surface area contributed by atoms with Crippen molar-refractivity contribution in [2.24, 2.45) is 0 Å². The topological polar surface area (TPSA) is 0 Å². The van der Waals surface area contributed by atoms with E-state index in [0.717, 1.165) is 0 Å². The highest BCUT2D eigenvalue weighted by molar-refractivity contribution is 7.64. The van der Waals surface area contributed by atoms with E-state index < -0.39 is 6.00 Å². The molecule has 0 aliphatic heterocycles. The van der Waals surface area contributed by atoms with Crippen LogP contribution >= 0.6 is 68.0 Å². The summed E-state index contributed by atoms with van der Waals surface area (Å²) in [5.74, 6) is 0. The van der Waals surface area contributed by atoms with Gasteiger partial charge in [-0.15, -0.1) is 33.2 Å². The molecule has 0 spiro atoms. The summed E-state index contributed by atoms with van der Waals surface area (Å²) < 4.78 is 0. The largest absolute Gasteiger partial charge is 0.345 e. The summed E-state index contributed by atoms with van der Waals surface area (Å²) in [6, 6.07) is 0.668. The smallest absolute Gasteiger partial charge is 0.126 e. The Kier molecular flexibility index (Phi) is 4.73. The molecule has 0 amide bonds. The second-order valence-corrected chi connectivity index (χ2v) is 13.0. The van der Waals surface area contributed by atoms with Crippen LogP contribution in [0.1, 0.15) is 5.56 Å². The molecule has 78 valence electrons. The zero-order valence-corrected chi connectivity index (χ0v) is 12.2. The highest BCUT2D eigenvalue weighted by atomic mass is 35.8. The van der Waals surface area contributed by atoms with Gasteiger partial charge in [0.05, 0.1) is 0 Å². The van der Waals surface area contributed by atoms with Crippen molar-refractivity contribution in [2.45, 2.75) is 6.04 Å². The highest BCUT2D eigenvalue weighted by Crippen LogP contribution is 2.34. The minimum Gasteiger partial charge on any atom is -0.126 e. The van der Waals surface area contributed by atoms with Gasteiger partial charge in [0, 0.05) is 21.1 Å². The van der Waals surface area contributed by atoms with E-state index in [2.05, 4.69) is 0 Å². The second kappa shape index (κ2) is 5.01. The lowest BCUT2D eigenvalue weighted by atomic mass is 10.2. The van der Waals surface area contributed by atoms with Crippen molar-refractivity contribution in [2.75, 3.05) is 0 Å². The Morgan fingerprint density at radius 1 is 0.929 bits per heavy atom. The Morgan fingerprint density at radius 3 is 1.71 bits per heavy atom. The molecule has 0 N–H and O–H groups in total. The molecular formula is C7H4Cl6Si. The first-order valence-corrected chi connectivity index (χ1v) is 9.87. The Morgan fingerprint density at radius 2 is 1.36 bits per heavy atom. The van der Waals surface area contributed by atoms with Gasteiger partial charge in [-0.2, -0.15) is 0 Å². The van der Waals surface area contributed by atoms with Gasteiger partial charge in [0.2, 0.25) is 0 Å². The Bertz CT molecular complexity index is 322. The number of hydrogen-bond acceptors (Lipinski definition) is 0. The predicted molar refractivity (Wildman–Crippen MR) is 68.5 cm³/mol. The standard InChI is InChI=1S/C7H4Cl6Si/c8-4-1-6(9)5(7(10)2-4)3-14(11,12)13/h1-2H,3H2. The van der Waals surface area contributed by atoms with Gasteiger partial charge in [-0.1, -0.05) is 34.8 Å². The van der Waals surface area contributed by atoms with Crippen molar-refractivity contribution in [1.82, 2.24) is 0 Å². The van der Waals surface area contributed by atoms with E-state index in [1.54, 1.807) is 12.1 Å². The zero-order valence-electron chi connectivity index (χ0n) is 6.63. The van der Waals surface area contributed by atoms with Gasteiger partial charge in [-0.05, 0) is 17.7 Å². The van der Waals surface area contributed by atoms with Crippen LogP contribution in [0, 0.1) is 0 Å². The van der Waals surface area contributed by atoms with Gasteiger partial charge < -0.3 is 0 Å². The van der Waals surface area contributed by atoms with Crippen molar-refractivity contribution >= 4 is 74.0 Å². The van der Waals surface area contributed by atoms with Crippen LogP contribution in [0.25, 0.3) is 0 Å². The van der Waals surface area contributed by atoms with Gasteiger partial charge in [0.15, 0.2) is 0 Å². The van der Waals surface area contributed by atoms with Crippen LogP contribution in [0.2, 0.25) is 15.1 Å². The molecule has 0 fully saturated rings. The summed E-state index contributed by atoms with van der Waals surface area (Å²) in [5.41, 5.74) is 0.643. The lowest BCUT2D eigenvalue weighted by Crippen LogP contribution is -2.15. The van der Waals surface area contributed by atoms with Crippen molar-refractivity contribution in [3.8, 4) is 0 Å². The van der Waals surface area contributed by atoms with Crippen LogP contribution < -0.4 is 0 Å². The van der Waals surface area contributed by atoms with E-state index in [-0.39, 0.29) is 6.04 Å². The first-order valence-electron chi connectivity index (χ1n) is 3.50. The van der Waals surface area contributed by atoms with E-state index >= 15 is 0 Å². The van der Waals surface area contributed by atoms with Gasteiger partial charge in [0.25, 0.3) is 0 Å². The summed E-state index contributed by atoms with van der Waals surface area (Å²) >= 11 is 34.9. The molecule has 0 aromatic heterocycles. The van der Waals surface area contributed by atoms with E-state index in [0.29, 0.717) is 20.6 Å². The summed E-state index contributed by atoms with van der Waals surface area (Å²) in [5, 5.41) is 1.33. The van der Waals surface area contributed by atoms with Crippen LogP contribution in [0.3, 0.4) is 0 Å². The first kappa shape index (κ1) is 13.2. The van der Waals surface area contributed by atoms with Crippen molar-refractivity contribution < 1.29 is 0 Å². The maximum atomic E-state index is 5.92. The van der Waals surface area contributed by atoms with Gasteiger partial charge in [-0.3, -0.25) is 0 Å². The quantitative estimate of drug-likeness (QED) is 0.505. The molecule has 1 aromatic rings. The van der Waals surface area contributed by atoms with Crippen LogP contribution in [0.4, 0.5) is 0 Å². The molecule has 0 aliphatic carbocycles. The van der Waals surface area contributed by atoms with Crippen molar-refractivity contribution in [3.05, 3.63) is 32.8 Å². The van der Waals surface area contributed by atoms with Crippen LogP contribution in [-0.2, 0) is 6.04 Å². The minimum atomic E-state index is -2.77. The molecule has 14 heavy (non-hydrogen) atoms. The highest BCUT2D eigenvalue weighted by Gasteiger charge is 2.27. The molecule has 0 aliphatic rings. The summed E-state index contributed by atoms with van der Waals surface area (Å²) in [4.78, 5) is 0. The minimum absolute atomic E-state index is 0.284. The average Bonchev–Trinajstić information content (AvgIpc) is 1.95. The fraction of sp³-hybridized carbons (Fsp3) is 0.143. The number of rotatable bonds is 2. The lowest BCUT2D eigenvalue weighted by molar-refractivity contribution is 1.38. The van der Waals surface area contributed by atoms with Crippen molar-refractivity contribution in [3.63, 3.8) is 0 Å². The number of hydrogen-bond donors (Lipinski definition) is 0. The first-order chi connectivity index (χ1) is 6.29. The van der Waals surface area contributed by atoms with Crippen LogP contribution in [0.15, 0.2) is 12.1 Å². The summed E-state index contributed by atoms with van der Waals surface area (Å²) in [6.07, 6.45) is 0. The zero-order chi connectivity index (χ0) is 10.9. The van der Waals surface area contributed by atoms with E-state index in [9.17, 15) is 0 Å². The summed E-state index contributed by atoms with van der Waals surface area (Å²) in [7, 11) is 0. The Balaban J connectivity index is 3.09. The molecule has 0 radical (unpaired) electrons. The molecule has 1 rings (SSSR count). The Labute approximate surface area is 112 Å².